The van der Waals surface area contributed by atoms with E-state index in [4.69, 9.17) is 9.84 Å². The van der Waals surface area contributed by atoms with Crippen LogP contribution in [0.3, 0.4) is 0 Å². The molecule has 0 saturated carbocycles. The lowest BCUT2D eigenvalue weighted by Crippen LogP contribution is -2.00. The lowest BCUT2D eigenvalue weighted by Gasteiger charge is -2.08. The van der Waals surface area contributed by atoms with Crippen molar-refractivity contribution in [3.63, 3.8) is 0 Å². The van der Waals surface area contributed by atoms with Gasteiger partial charge in [0.05, 0.1) is 11.5 Å². The molecule has 0 aromatic heterocycles. The van der Waals surface area contributed by atoms with Crippen LogP contribution in [0.25, 0.3) is 0 Å². The Morgan fingerprint density at radius 1 is 1.37 bits per heavy atom. The van der Waals surface area contributed by atoms with E-state index in [0.717, 1.165) is 18.4 Å². The first kappa shape index (κ1) is 14.9. The number of nitro benzene ring substituents is 1. The van der Waals surface area contributed by atoms with E-state index in [1.54, 1.807) is 13.0 Å². The van der Waals surface area contributed by atoms with Gasteiger partial charge in [-0.1, -0.05) is 0 Å². The zero-order chi connectivity index (χ0) is 14.3. The molecule has 104 valence electrons. The van der Waals surface area contributed by atoms with Crippen molar-refractivity contribution in [3.05, 3.63) is 33.9 Å². The van der Waals surface area contributed by atoms with Crippen LogP contribution in [0.15, 0.2) is 18.2 Å². The van der Waals surface area contributed by atoms with E-state index < -0.39 is 10.9 Å². The van der Waals surface area contributed by atoms with Crippen LogP contribution in [0.4, 0.5) is 5.69 Å². The Hall–Kier alpha value is -2.11. The molecule has 0 amide bonds. The molecule has 6 nitrogen and oxygen atoms in total. The number of carboxylic acids is 1. The summed E-state index contributed by atoms with van der Waals surface area (Å²) in [5, 5.41) is 19.0. The molecule has 0 aliphatic heterocycles. The summed E-state index contributed by atoms with van der Waals surface area (Å²) in [5.74, 6) is -0.157. The molecule has 0 radical (unpaired) electrons. The molecule has 1 rings (SSSR count). The lowest BCUT2D eigenvalue weighted by atomic mass is 10.2. The highest BCUT2D eigenvalue weighted by atomic mass is 16.6. The predicted molar refractivity (Wildman–Crippen MR) is 69.4 cm³/mol. The zero-order valence-electron chi connectivity index (χ0n) is 10.8. The third-order valence-electron chi connectivity index (χ3n) is 2.66. The normalized spacial score (nSPS) is 10.2. The van der Waals surface area contributed by atoms with Crippen molar-refractivity contribution in [2.24, 2.45) is 0 Å². The van der Waals surface area contributed by atoms with E-state index in [2.05, 4.69) is 0 Å². The standard InChI is InChI=1S/C13H17NO5/c1-10-9-11(14(17)18)6-7-12(10)19-8-4-2-3-5-13(15)16/h6-7,9H,2-5,8H2,1H3,(H,15,16). The minimum Gasteiger partial charge on any atom is -0.493 e. The average molecular weight is 267 g/mol. The number of unbranched alkanes of at least 4 members (excludes halogenated alkanes) is 2. The van der Waals surface area contributed by atoms with Crippen LogP contribution < -0.4 is 4.74 Å². The fourth-order valence-corrected chi connectivity index (χ4v) is 1.65. The Labute approximate surface area is 111 Å². The summed E-state index contributed by atoms with van der Waals surface area (Å²) in [6, 6.07) is 4.47. The number of non-ortho nitro benzene ring substituents is 1. The Morgan fingerprint density at radius 3 is 2.68 bits per heavy atom. The van der Waals surface area contributed by atoms with Crippen molar-refractivity contribution in [1.82, 2.24) is 0 Å². The molecule has 0 aliphatic rings. The van der Waals surface area contributed by atoms with Crippen LogP contribution in [-0.4, -0.2) is 22.6 Å². The first-order valence-corrected chi connectivity index (χ1v) is 6.10. The molecular formula is C13H17NO5. The van der Waals surface area contributed by atoms with Gasteiger partial charge in [0.25, 0.3) is 5.69 Å². The van der Waals surface area contributed by atoms with Gasteiger partial charge in [0.1, 0.15) is 5.75 Å². The molecule has 6 heteroatoms. The summed E-state index contributed by atoms with van der Waals surface area (Å²) >= 11 is 0. The average Bonchev–Trinajstić information content (AvgIpc) is 2.34. The summed E-state index contributed by atoms with van der Waals surface area (Å²) < 4.78 is 5.51. The fourth-order valence-electron chi connectivity index (χ4n) is 1.65. The number of hydrogen-bond acceptors (Lipinski definition) is 4. The molecule has 0 aliphatic carbocycles. The number of aryl methyl sites for hydroxylation is 1. The van der Waals surface area contributed by atoms with Crippen molar-refractivity contribution >= 4 is 11.7 Å². The second-order valence-electron chi connectivity index (χ2n) is 4.26. The molecule has 0 atom stereocenters. The summed E-state index contributed by atoms with van der Waals surface area (Å²) in [6.07, 6.45) is 2.37. The number of hydrogen-bond donors (Lipinski definition) is 1. The monoisotopic (exact) mass is 267 g/mol. The number of carboxylic acid groups (broad SMARTS) is 1. The number of aliphatic carboxylic acids is 1. The van der Waals surface area contributed by atoms with E-state index in [-0.39, 0.29) is 12.1 Å². The molecule has 0 heterocycles. The maximum Gasteiger partial charge on any atom is 0.303 e. The lowest BCUT2D eigenvalue weighted by molar-refractivity contribution is -0.384. The van der Waals surface area contributed by atoms with Gasteiger partial charge < -0.3 is 9.84 Å². The van der Waals surface area contributed by atoms with Crippen LogP contribution in [0, 0.1) is 17.0 Å². The second kappa shape index (κ2) is 7.35. The van der Waals surface area contributed by atoms with Crippen molar-refractivity contribution < 1.29 is 19.6 Å². The van der Waals surface area contributed by atoms with E-state index in [1.165, 1.54) is 12.1 Å². The first-order valence-electron chi connectivity index (χ1n) is 6.10. The Morgan fingerprint density at radius 2 is 2.11 bits per heavy atom. The summed E-state index contributed by atoms with van der Waals surface area (Å²) in [6.45, 7) is 2.24. The van der Waals surface area contributed by atoms with Gasteiger partial charge in [-0.15, -0.1) is 0 Å². The topological polar surface area (TPSA) is 89.7 Å². The molecule has 1 aromatic carbocycles. The molecule has 19 heavy (non-hydrogen) atoms. The van der Waals surface area contributed by atoms with Gasteiger partial charge in [-0.2, -0.15) is 0 Å². The van der Waals surface area contributed by atoms with Crippen molar-refractivity contribution in [1.29, 1.82) is 0 Å². The predicted octanol–water partition coefficient (Wildman–Crippen LogP) is 2.93. The molecule has 0 unspecified atom stereocenters. The van der Waals surface area contributed by atoms with Crippen LogP contribution in [-0.2, 0) is 4.79 Å². The molecule has 0 fully saturated rings. The number of ether oxygens (including phenoxy) is 1. The molecular weight excluding hydrogens is 250 g/mol. The SMILES string of the molecule is Cc1cc([N+](=O)[O-])ccc1OCCCCCC(=O)O. The Bertz CT molecular complexity index is 458. The van der Waals surface area contributed by atoms with Gasteiger partial charge in [-0.05, 0) is 37.8 Å². The number of carbonyl (C=O) groups is 1. The van der Waals surface area contributed by atoms with E-state index >= 15 is 0 Å². The smallest absolute Gasteiger partial charge is 0.303 e. The van der Waals surface area contributed by atoms with Crippen molar-refractivity contribution in [3.8, 4) is 5.75 Å². The minimum atomic E-state index is -0.785. The first-order chi connectivity index (χ1) is 9.00. The minimum absolute atomic E-state index is 0.0475. The van der Waals surface area contributed by atoms with Crippen LogP contribution >= 0.6 is 0 Å². The van der Waals surface area contributed by atoms with Crippen molar-refractivity contribution in [2.45, 2.75) is 32.6 Å². The maximum atomic E-state index is 10.6. The summed E-state index contributed by atoms with van der Waals surface area (Å²) in [5.41, 5.74) is 0.769. The van der Waals surface area contributed by atoms with E-state index in [1.807, 2.05) is 0 Å². The molecule has 0 spiro atoms. The molecule has 1 N–H and O–H groups in total. The van der Waals surface area contributed by atoms with Gasteiger partial charge >= 0.3 is 5.97 Å². The highest BCUT2D eigenvalue weighted by Crippen LogP contribution is 2.23. The highest BCUT2D eigenvalue weighted by Gasteiger charge is 2.08. The number of nitrogens with zero attached hydrogens (tertiary/aromatic N) is 1. The van der Waals surface area contributed by atoms with Gasteiger partial charge in [0.2, 0.25) is 0 Å². The van der Waals surface area contributed by atoms with Crippen LogP contribution in [0.5, 0.6) is 5.75 Å². The molecule has 0 bridgehead atoms. The maximum absolute atomic E-state index is 10.6. The number of rotatable bonds is 8. The second-order valence-corrected chi connectivity index (χ2v) is 4.26. The Balaban J connectivity index is 2.33. The quantitative estimate of drug-likeness (QED) is 0.444. The van der Waals surface area contributed by atoms with Crippen LogP contribution in [0.2, 0.25) is 0 Å². The largest absolute Gasteiger partial charge is 0.493 e. The van der Waals surface area contributed by atoms with Crippen LogP contribution in [0.1, 0.15) is 31.2 Å². The van der Waals surface area contributed by atoms with Gasteiger partial charge in [-0.25, -0.2) is 0 Å². The van der Waals surface area contributed by atoms with Gasteiger partial charge in [0, 0.05) is 18.6 Å². The summed E-state index contributed by atoms with van der Waals surface area (Å²) in [7, 11) is 0. The molecule has 0 saturated heterocycles. The molecule has 1 aromatic rings. The van der Waals surface area contributed by atoms with E-state index in [0.29, 0.717) is 18.8 Å². The zero-order valence-corrected chi connectivity index (χ0v) is 10.8. The number of benzene rings is 1. The number of nitro groups is 1. The third kappa shape index (κ3) is 5.37. The van der Waals surface area contributed by atoms with E-state index in [9.17, 15) is 14.9 Å². The highest BCUT2D eigenvalue weighted by molar-refractivity contribution is 5.66. The van der Waals surface area contributed by atoms with Gasteiger partial charge in [-0.3, -0.25) is 14.9 Å². The Kier molecular flexibility index (Phi) is 5.78. The van der Waals surface area contributed by atoms with Crippen molar-refractivity contribution in [2.75, 3.05) is 6.61 Å². The fraction of sp³-hybridized carbons (Fsp3) is 0.462. The third-order valence-corrected chi connectivity index (χ3v) is 2.66. The van der Waals surface area contributed by atoms with Gasteiger partial charge in [0.15, 0.2) is 0 Å². The summed E-state index contributed by atoms with van der Waals surface area (Å²) in [4.78, 5) is 20.4.